The van der Waals surface area contributed by atoms with Crippen molar-refractivity contribution in [3.05, 3.63) is 64.7 Å². The number of hydrogen-bond acceptors (Lipinski definition) is 4. The third-order valence-corrected chi connectivity index (χ3v) is 5.47. The highest BCUT2D eigenvalue weighted by Crippen LogP contribution is 2.24. The molecule has 2 aromatic carbocycles. The van der Waals surface area contributed by atoms with Crippen LogP contribution in [0.25, 0.3) is 0 Å². The maximum Gasteiger partial charge on any atom is 0.248 e. The van der Waals surface area contributed by atoms with Gasteiger partial charge in [0.2, 0.25) is 11.8 Å². The summed E-state index contributed by atoms with van der Waals surface area (Å²) in [6.45, 7) is 0. The van der Waals surface area contributed by atoms with Crippen molar-refractivity contribution in [2.75, 3.05) is 16.9 Å². The zero-order valence-corrected chi connectivity index (χ0v) is 15.4. The number of rotatable bonds is 4. The Morgan fingerprint density at radius 3 is 2.65 bits per heavy atom. The molecule has 0 bridgehead atoms. The highest BCUT2D eigenvalue weighted by Gasteiger charge is 2.34. The Morgan fingerprint density at radius 2 is 1.96 bits per heavy atom. The minimum atomic E-state index is -0.523. The molecule has 2 aromatic rings. The van der Waals surface area contributed by atoms with Gasteiger partial charge in [-0.15, -0.1) is 11.8 Å². The molecule has 1 saturated heterocycles. The first kappa shape index (κ1) is 18.3. The van der Waals surface area contributed by atoms with E-state index in [2.05, 4.69) is 5.32 Å². The summed E-state index contributed by atoms with van der Waals surface area (Å²) in [5.74, 6) is 0.681. The van der Waals surface area contributed by atoms with Gasteiger partial charge in [0.15, 0.2) is 0 Å². The zero-order valence-electron chi connectivity index (χ0n) is 13.8. The van der Waals surface area contributed by atoms with Crippen molar-refractivity contribution >= 4 is 40.9 Å². The van der Waals surface area contributed by atoms with Crippen LogP contribution < -0.4 is 5.32 Å². The van der Waals surface area contributed by atoms with E-state index in [4.69, 9.17) is 16.9 Å². The lowest BCUT2D eigenvalue weighted by Crippen LogP contribution is -2.45. The fourth-order valence-electron chi connectivity index (χ4n) is 2.67. The van der Waals surface area contributed by atoms with Gasteiger partial charge in [0, 0.05) is 16.5 Å². The molecule has 0 spiro atoms. The molecule has 26 heavy (non-hydrogen) atoms. The summed E-state index contributed by atoms with van der Waals surface area (Å²) in [6.07, 6.45) is 0.168. The molecule has 0 aliphatic carbocycles. The molecule has 2 amide bonds. The van der Waals surface area contributed by atoms with Gasteiger partial charge in [0.05, 0.1) is 23.9 Å². The Labute approximate surface area is 160 Å². The molecule has 0 saturated carbocycles. The van der Waals surface area contributed by atoms with Crippen LogP contribution in [-0.2, 0) is 16.0 Å². The Hall–Kier alpha value is -2.49. The molecular formula is C19H16ClN3O2S. The predicted octanol–water partition coefficient (Wildman–Crippen LogP) is 3.29. The summed E-state index contributed by atoms with van der Waals surface area (Å²) in [5, 5.41) is 12.2. The molecule has 1 aliphatic heterocycles. The highest BCUT2D eigenvalue weighted by molar-refractivity contribution is 7.99. The summed E-state index contributed by atoms with van der Waals surface area (Å²) < 4.78 is 0. The summed E-state index contributed by atoms with van der Waals surface area (Å²) in [6, 6.07) is 15.4. The number of nitrogens with one attached hydrogen (secondary N) is 1. The first-order chi connectivity index (χ1) is 12.6. The van der Waals surface area contributed by atoms with Crippen molar-refractivity contribution in [1.29, 1.82) is 5.26 Å². The van der Waals surface area contributed by atoms with Crippen molar-refractivity contribution < 1.29 is 9.59 Å². The molecule has 1 unspecified atom stereocenters. The Balaban J connectivity index is 1.66. The van der Waals surface area contributed by atoms with Crippen molar-refractivity contribution in [1.82, 2.24) is 4.90 Å². The van der Waals surface area contributed by atoms with Crippen LogP contribution in [0, 0.1) is 11.3 Å². The number of carbonyl (C=O) groups excluding carboxylic acids is 2. The lowest BCUT2D eigenvalue weighted by molar-refractivity contribution is -0.135. The first-order valence-corrected chi connectivity index (χ1v) is 9.53. The lowest BCUT2D eigenvalue weighted by atomic mass is 10.1. The molecular weight excluding hydrogens is 370 g/mol. The maximum atomic E-state index is 12.7. The van der Waals surface area contributed by atoms with Gasteiger partial charge in [-0.1, -0.05) is 29.8 Å². The molecule has 0 aromatic heterocycles. The Morgan fingerprint density at radius 1 is 1.23 bits per heavy atom. The number of nitriles is 1. The molecule has 5 nitrogen and oxygen atoms in total. The van der Waals surface area contributed by atoms with Gasteiger partial charge in [-0.3, -0.25) is 9.59 Å². The van der Waals surface area contributed by atoms with Crippen LogP contribution in [0.5, 0.6) is 0 Å². The molecule has 1 heterocycles. The van der Waals surface area contributed by atoms with Gasteiger partial charge in [0.1, 0.15) is 6.04 Å². The van der Waals surface area contributed by atoms with E-state index in [-0.39, 0.29) is 18.2 Å². The van der Waals surface area contributed by atoms with Gasteiger partial charge in [-0.25, -0.2) is 0 Å². The number of thioether (sulfide) groups is 1. The second-order valence-corrected chi connectivity index (χ2v) is 7.23. The van der Waals surface area contributed by atoms with Gasteiger partial charge in [0.25, 0.3) is 0 Å². The van der Waals surface area contributed by atoms with Crippen molar-refractivity contribution in [3.8, 4) is 6.07 Å². The molecule has 1 atom stereocenters. The lowest BCUT2D eigenvalue weighted by Gasteiger charge is -2.23. The van der Waals surface area contributed by atoms with Crippen LogP contribution in [0.2, 0.25) is 5.02 Å². The average molecular weight is 386 g/mol. The normalized spacial score (nSPS) is 16.2. The largest absolute Gasteiger partial charge is 0.324 e. The molecule has 1 fully saturated rings. The van der Waals surface area contributed by atoms with E-state index < -0.39 is 6.04 Å². The van der Waals surface area contributed by atoms with Crippen LogP contribution in [0.4, 0.5) is 5.69 Å². The van der Waals surface area contributed by atoms with Gasteiger partial charge in [-0.05, 0) is 35.9 Å². The number of halogens is 1. The topological polar surface area (TPSA) is 73.2 Å². The SMILES string of the molecule is N#Cc1ccc(NC(=O)C2CSCN2C(=O)Cc2ccccc2Cl)cc1. The van der Waals surface area contributed by atoms with Crippen LogP contribution in [0.3, 0.4) is 0 Å². The molecule has 7 heteroatoms. The number of hydrogen-bond donors (Lipinski definition) is 1. The summed E-state index contributed by atoms with van der Waals surface area (Å²) in [7, 11) is 0. The Bertz CT molecular complexity index is 864. The van der Waals surface area contributed by atoms with Gasteiger partial charge in [-0.2, -0.15) is 5.26 Å². The standard InChI is InChI=1S/C19H16ClN3O2S/c20-16-4-2-1-3-14(16)9-18(24)23-12-26-11-17(23)19(25)22-15-7-5-13(10-21)6-8-15/h1-8,17H,9,11-12H2,(H,22,25). The predicted molar refractivity (Wildman–Crippen MR) is 103 cm³/mol. The number of anilines is 1. The molecule has 0 radical (unpaired) electrons. The van der Waals surface area contributed by atoms with Crippen LogP contribution in [0.1, 0.15) is 11.1 Å². The monoisotopic (exact) mass is 385 g/mol. The number of amides is 2. The first-order valence-electron chi connectivity index (χ1n) is 8.00. The smallest absolute Gasteiger partial charge is 0.248 e. The minimum Gasteiger partial charge on any atom is -0.324 e. The quantitative estimate of drug-likeness (QED) is 0.876. The van der Waals surface area contributed by atoms with Gasteiger partial charge < -0.3 is 10.2 Å². The van der Waals surface area contributed by atoms with E-state index in [0.717, 1.165) is 5.56 Å². The van der Waals surface area contributed by atoms with E-state index in [9.17, 15) is 9.59 Å². The minimum absolute atomic E-state index is 0.122. The fraction of sp³-hybridized carbons (Fsp3) is 0.211. The summed E-state index contributed by atoms with van der Waals surface area (Å²) in [4.78, 5) is 26.8. The zero-order chi connectivity index (χ0) is 18.5. The molecule has 3 rings (SSSR count). The number of benzene rings is 2. The van der Waals surface area contributed by atoms with E-state index >= 15 is 0 Å². The molecule has 132 valence electrons. The second-order valence-electron chi connectivity index (χ2n) is 5.83. The molecule has 1 aliphatic rings. The van der Waals surface area contributed by atoms with Crippen molar-refractivity contribution in [2.24, 2.45) is 0 Å². The second kappa shape index (κ2) is 8.26. The summed E-state index contributed by atoms with van der Waals surface area (Å²) >= 11 is 7.67. The van der Waals surface area contributed by atoms with Crippen molar-refractivity contribution in [2.45, 2.75) is 12.5 Å². The van der Waals surface area contributed by atoms with E-state index in [1.807, 2.05) is 24.3 Å². The fourth-order valence-corrected chi connectivity index (χ4v) is 4.05. The third kappa shape index (κ3) is 4.18. The molecule has 1 N–H and O–H groups in total. The van der Waals surface area contributed by atoms with E-state index in [1.165, 1.54) is 0 Å². The highest BCUT2D eigenvalue weighted by atomic mass is 35.5. The van der Waals surface area contributed by atoms with Crippen LogP contribution in [-0.4, -0.2) is 34.4 Å². The van der Waals surface area contributed by atoms with E-state index in [1.54, 1.807) is 47.0 Å². The van der Waals surface area contributed by atoms with Crippen LogP contribution >= 0.6 is 23.4 Å². The van der Waals surface area contributed by atoms with Crippen molar-refractivity contribution in [3.63, 3.8) is 0 Å². The summed E-state index contributed by atoms with van der Waals surface area (Å²) in [5.41, 5.74) is 1.88. The van der Waals surface area contributed by atoms with Gasteiger partial charge >= 0.3 is 0 Å². The van der Waals surface area contributed by atoms with Crippen LogP contribution in [0.15, 0.2) is 48.5 Å². The number of nitrogens with zero attached hydrogens (tertiary/aromatic N) is 2. The number of carbonyl (C=O) groups is 2. The van der Waals surface area contributed by atoms with E-state index in [0.29, 0.717) is 27.9 Å². The Kier molecular flexibility index (Phi) is 5.82. The third-order valence-electron chi connectivity index (χ3n) is 4.09. The average Bonchev–Trinajstić information content (AvgIpc) is 3.14. The maximum absolute atomic E-state index is 12.7.